The van der Waals surface area contributed by atoms with E-state index in [0.29, 0.717) is 22.9 Å². The number of carbonyl (C=O) groups excluding carboxylic acids is 2. The molecular weight excluding hydrogens is 330 g/mol. The summed E-state index contributed by atoms with van der Waals surface area (Å²) < 4.78 is 10.5. The third kappa shape index (κ3) is 4.85. The molecule has 0 bridgehead atoms. The minimum absolute atomic E-state index is 0.274. The van der Waals surface area contributed by atoms with Crippen LogP contribution in [0, 0.1) is 0 Å². The van der Waals surface area contributed by atoms with E-state index in [-0.39, 0.29) is 11.8 Å². The first-order valence-electron chi connectivity index (χ1n) is 8.63. The molecule has 0 aliphatic carbocycles. The number of methoxy groups -OCH3 is 1. The molecule has 1 aromatic heterocycles. The number of amides is 1. The van der Waals surface area contributed by atoms with Gasteiger partial charge in [0.25, 0.3) is 0 Å². The van der Waals surface area contributed by atoms with Gasteiger partial charge in [-0.3, -0.25) is 4.79 Å². The lowest BCUT2D eigenvalue weighted by atomic mass is 9.98. The lowest BCUT2D eigenvalue weighted by Gasteiger charge is -2.07. The molecule has 5 nitrogen and oxygen atoms in total. The van der Waals surface area contributed by atoms with Crippen LogP contribution >= 0.6 is 0 Å². The molecule has 1 N–H and O–H groups in total. The molecule has 0 saturated heterocycles. The SMILES string of the molecule is COC(=O)c1ccc(NC(=O)/C=C/c2cc(C(C)C)c(C(C)C)o2)cc1. The van der Waals surface area contributed by atoms with Crippen molar-refractivity contribution < 1.29 is 18.7 Å². The Morgan fingerprint density at radius 1 is 1.08 bits per heavy atom. The Kier molecular flexibility index (Phi) is 6.39. The first-order valence-corrected chi connectivity index (χ1v) is 8.63. The number of hydrogen-bond donors (Lipinski definition) is 1. The molecule has 0 fully saturated rings. The van der Waals surface area contributed by atoms with Crippen molar-refractivity contribution in [3.05, 3.63) is 59.1 Å². The second-order valence-corrected chi connectivity index (χ2v) is 6.67. The topological polar surface area (TPSA) is 68.5 Å². The van der Waals surface area contributed by atoms with Gasteiger partial charge in [-0.2, -0.15) is 0 Å². The zero-order valence-corrected chi connectivity index (χ0v) is 15.8. The summed E-state index contributed by atoms with van der Waals surface area (Å²) >= 11 is 0. The number of hydrogen-bond acceptors (Lipinski definition) is 4. The molecule has 0 unspecified atom stereocenters. The van der Waals surface area contributed by atoms with Crippen LogP contribution in [0.25, 0.3) is 6.08 Å². The number of esters is 1. The van der Waals surface area contributed by atoms with E-state index in [0.717, 1.165) is 5.76 Å². The van der Waals surface area contributed by atoms with Gasteiger partial charge in [0.1, 0.15) is 11.5 Å². The Bertz CT molecular complexity index is 772. The highest BCUT2D eigenvalue weighted by Gasteiger charge is 2.15. The molecule has 138 valence electrons. The Labute approximate surface area is 154 Å². The highest BCUT2D eigenvalue weighted by Crippen LogP contribution is 2.30. The molecule has 0 atom stereocenters. The lowest BCUT2D eigenvalue weighted by Crippen LogP contribution is -2.08. The number of anilines is 1. The molecule has 0 spiro atoms. The first-order chi connectivity index (χ1) is 12.3. The smallest absolute Gasteiger partial charge is 0.337 e. The van der Waals surface area contributed by atoms with Crippen LogP contribution in [-0.4, -0.2) is 19.0 Å². The van der Waals surface area contributed by atoms with Gasteiger partial charge in [0.05, 0.1) is 12.7 Å². The second-order valence-electron chi connectivity index (χ2n) is 6.67. The molecule has 1 amide bonds. The van der Waals surface area contributed by atoms with E-state index in [1.807, 2.05) is 6.07 Å². The second kappa shape index (κ2) is 8.52. The van der Waals surface area contributed by atoms with Gasteiger partial charge < -0.3 is 14.5 Å². The maximum atomic E-state index is 12.1. The van der Waals surface area contributed by atoms with E-state index in [9.17, 15) is 9.59 Å². The molecule has 0 saturated carbocycles. The van der Waals surface area contributed by atoms with Crippen LogP contribution in [0.1, 0.15) is 67.0 Å². The maximum absolute atomic E-state index is 12.1. The molecule has 26 heavy (non-hydrogen) atoms. The minimum Gasteiger partial charge on any atom is -0.465 e. The highest BCUT2D eigenvalue weighted by molar-refractivity contribution is 6.02. The van der Waals surface area contributed by atoms with Crippen molar-refractivity contribution in [2.24, 2.45) is 0 Å². The van der Waals surface area contributed by atoms with Gasteiger partial charge in [0, 0.05) is 17.7 Å². The Morgan fingerprint density at radius 2 is 1.73 bits per heavy atom. The van der Waals surface area contributed by atoms with Gasteiger partial charge in [-0.1, -0.05) is 27.7 Å². The van der Waals surface area contributed by atoms with Crippen molar-refractivity contribution in [1.82, 2.24) is 0 Å². The Hall–Kier alpha value is -2.82. The fraction of sp³-hybridized carbons (Fsp3) is 0.333. The maximum Gasteiger partial charge on any atom is 0.337 e. The van der Waals surface area contributed by atoms with Crippen molar-refractivity contribution in [1.29, 1.82) is 0 Å². The van der Waals surface area contributed by atoms with Crippen LogP contribution in [0.2, 0.25) is 0 Å². The standard InChI is InChI=1S/C21H25NO4/c1-13(2)18-12-17(26-20(18)14(3)4)10-11-19(23)22-16-8-6-15(7-9-16)21(24)25-5/h6-14H,1-5H3,(H,22,23)/b11-10+. The fourth-order valence-electron chi connectivity index (χ4n) is 2.57. The molecule has 1 aromatic carbocycles. The quantitative estimate of drug-likeness (QED) is 0.587. The van der Waals surface area contributed by atoms with Crippen molar-refractivity contribution in [3.63, 3.8) is 0 Å². The molecule has 0 aliphatic rings. The number of ether oxygens (including phenoxy) is 1. The molecular formula is C21H25NO4. The van der Waals surface area contributed by atoms with Crippen molar-refractivity contribution >= 4 is 23.6 Å². The number of benzene rings is 1. The fourth-order valence-corrected chi connectivity index (χ4v) is 2.57. The normalized spacial score (nSPS) is 11.3. The summed E-state index contributed by atoms with van der Waals surface area (Å²) in [6, 6.07) is 8.48. The van der Waals surface area contributed by atoms with Crippen LogP contribution in [0.4, 0.5) is 5.69 Å². The number of carbonyl (C=O) groups is 2. The summed E-state index contributed by atoms with van der Waals surface area (Å²) in [5.74, 6) is 1.58. The van der Waals surface area contributed by atoms with E-state index in [4.69, 9.17) is 4.42 Å². The van der Waals surface area contributed by atoms with E-state index in [2.05, 4.69) is 37.7 Å². The van der Waals surface area contributed by atoms with Crippen molar-refractivity contribution in [3.8, 4) is 0 Å². The van der Waals surface area contributed by atoms with Crippen LogP contribution < -0.4 is 5.32 Å². The highest BCUT2D eigenvalue weighted by atomic mass is 16.5. The van der Waals surface area contributed by atoms with E-state index in [1.54, 1.807) is 30.3 Å². The Morgan fingerprint density at radius 3 is 2.23 bits per heavy atom. The summed E-state index contributed by atoms with van der Waals surface area (Å²) in [5, 5.41) is 2.74. The zero-order valence-electron chi connectivity index (χ0n) is 15.8. The van der Waals surface area contributed by atoms with E-state index in [1.165, 1.54) is 18.7 Å². The minimum atomic E-state index is -0.414. The summed E-state index contributed by atoms with van der Waals surface area (Å²) in [5.41, 5.74) is 2.19. The average molecular weight is 355 g/mol. The molecule has 1 heterocycles. The number of nitrogens with one attached hydrogen (secondary N) is 1. The van der Waals surface area contributed by atoms with Gasteiger partial charge in [0.2, 0.25) is 5.91 Å². The first kappa shape index (κ1) is 19.5. The summed E-state index contributed by atoms with van der Waals surface area (Å²) in [7, 11) is 1.33. The molecule has 0 aliphatic heterocycles. The molecule has 5 heteroatoms. The predicted molar refractivity (Wildman–Crippen MR) is 102 cm³/mol. The van der Waals surface area contributed by atoms with E-state index < -0.39 is 5.97 Å². The van der Waals surface area contributed by atoms with Gasteiger partial charge in [-0.25, -0.2) is 4.79 Å². The van der Waals surface area contributed by atoms with Crippen LogP contribution in [-0.2, 0) is 9.53 Å². The van der Waals surface area contributed by atoms with Crippen molar-refractivity contribution in [2.45, 2.75) is 39.5 Å². The monoisotopic (exact) mass is 355 g/mol. The summed E-state index contributed by atoms with van der Waals surface area (Å²) in [6.07, 6.45) is 3.09. The Balaban J connectivity index is 2.05. The number of rotatable bonds is 6. The number of furan rings is 1. The molecule has 2 rings (SSSR count). The summed E-state index contributed by atoms with van der Waals surface area (Å²) in [6.45, 7) is 8.41. The van der Waals surface area contributed by atoms with Gasteiger partial charge >= 0.3 is 5.97 Å². The van der Waals surface area contributed by atoms with E-state index >= 15 is 0 Å². The van der Waals surface area contributed by atoms with Crippen LogP contribution in [0.15, 0.2) is 40.8 Å². The van der Waals surface area contributed by atoms with Gasteiger partial charge in [-0.15, -0.1) is 0 Å². The van der Waals surface area contributed by atoms with Crippen molar-refractivity contribution in [2.75, 3.05) is 12.4 Å². The zero-order chi connectivity index (χ0) is 19.3. The third-order valence-corrected chi connectivity index (χ3v) is 3.93. The third-order valence-electron chi connectivity index (χ3n) is 3.93. The summed E-state index contributed by atoms with van der Waals surface area (Å²) in [4.78, 5) is 23.5. The van der Waals surface area contributed by atoms with Gasteiger partial charge in [0.15, 0.2) is 0 Å². The van der Waals surface area contributed by atoms with Crippen LogP contribution in [0.3, 0.4) is 0 Å². The lowest BCUT2D eigenvalue weighted by molar-refractivity contribution is -0.111. The molecule has 0 radical (unpaired) electrons. The predicted octanol–water partition coefficient (Wildman–Crippen LogP) is 4.96. The van der Waals surface area contributed by atoms with Gasteiger partial charge in [-0.05, 0) is 47.9 Å². The molecule has 2 aromatic rings. The largest absolute Gasteiger partial charge is 0.465 e. The average Bonchev–Trinajstić information content (AvgIpc) is 3.05. The van der Waals surface area contributed by atoms with Crippen LogP contribution in [0.5, 0.6) is 0 Å².